The van der Waals surface area contributed by atoms with Crippen LogP contribution in [0, 0.1) is 0 Å². The highest BCUT2D eigenvalue weighted by Gasteiger charge is 2.52. The number of thiol groups is 1. The Bertz CT molecular complexity index is 533. The first-order valence-electron chi connectivity index (χ1n) is 8.55. The van der Waals surface area contributed by atoms with E-state index >= 15 is 0 Å². The van der Waals surface area contributed by atoms with Gasteiger partial charge in [-0.2, -0.15) is 12.6 Å². The van der Waals surface area contributed by atoms with Crippen molar-refractivity contribution in [1.82, 2.24) is 0 Å². The van der Waals surface area contributed by atoms with Crippen molar-refractivity contribution in [2.75, 3.05) is 5.75 Å². The molecule has 2 rings (SSSR count). The molecular formula is C19H29BO2S. The highest BCUT2D eigenvalue weighted by Crippen LogP contribution is 2.39. The molecule has 1 saturated heterocycles. The molecule has 4 heteroatoms. The van der Waals surface area contributed by atoms with Gasteiger partial charge in [-0.1, -0.05) is 43.7 Å². The predicted octanol–water partition coefficient (Wildman–Crippen LogP) is 4.97. The van der Waals surface area contributed by atoms with Crippen molar-refractivity contribution in [3.8, 4) is 0 Å². The van der Waals surface area contributed by atoms with Gasteiger partial charge in [-0.3, -0.25) is 0 Å². The van der Waals surface area contributed by atoms with Crippen LogP contribution < -0.4 is 0 Å². The Hall–Kier alpha value is -0.705. The first kappa shape index (κ1) is 18.6. The number of rotatable bonds is 6. The van der Waals surface area contributed by atoms with Crippen LogP contribution in [0.5, 0.6) is 0 Å². The molecule has 0 unspecified atom stereocenters. The predicted molar refractivity (Wildman–Crippen MR) is 103 cm³/mol. The maximum Gasteiger partial charge on any atom is 0.491 e. The molecule has 1 aliphatic rings. The van der Waals surface area contributed by atoms with Crippen LogP contribution in [0.2, 0.25) is 0 Å². The molecule has 0 aromatic heterocycles. The number of hydrogen-bond acceptors (Lipinski definition) is 3. The molecule has 1 aliphatic heterocycles. The molecule has 2 nitrogen and oxygen atoms in total. The minimum Gasteiger partial charge on any atom is -0.400 e. The van der Waals surface area contributed by atoms with Crippen LogP contribution in [0.4, 0.5) is 0 Å². The van der Waals surface area contributed by atoms with E-state index in [0.29, 0.717) is 5.75 Å². The number of aryl methyl sites for hydroxylation is 1. The molecule has 0 amide bonds. The minimum atomic E-state index is -0.322. The van der Waals surface area contributed by atoms with E-state index in [1.807, 2.05) is 0 Å². The summed E-state index contributed by atoms with van der Waals surface area (Å²) in [6.45, 7) is 10.5. The molecule has 0 bridgehead atoms. The van der Waals surface area contributed by atoms with Crippen LogP contribution >= 0.6 is 12.6 Å². The normalized spacial score (nSPS) is 20.1. The molecule has 1 heterocycles. The molecule has 0 spiro atoms. The second-order valence-electron chi connectivity index (χ2n) is 7.31. The van der Waals surface area contributed by atoms with Gasteiger partial charge in [0.25, 0.3) is 0 Å². The van der Waals surface area contributed by atoms with E-state index in [2.05, 4.69) is 77.6 Å². The zero-order chi connectivity index (χ0) is 17.1. The van der Waals surface area contributed by atoms with Gasteiger partial charge in [0.15, 0.2) is 0 Å². The van der Waals surface area contributed by atoms with Crippen LogP contribution in [0.3, 0.4) is 0 Å². The average molecular weight is 332 g/mol. The molecule has 0 atom stereocenters. The average Bonchev–Trinajstić information content (AvgIpc) is 2.72. The lowest BCUT2D eigenvalue weighted by atomic mass is 9.78. The first-order chi connectivity index (χ1) is 10.8. The Labute approximate surface area is 147 Å². The van der Waals surface area contributed by atoms with Crippen molar-refractivity contribution in [2.45, 2.75) is 65.1 Å². The lowest BCUT2D eigenvalue weighted by Crippen LogP contribution is -2.41. The standard InChI is InChI=1S/C19H29BO2S/c1-6-7-8-15-9-11-16(12-10-15)13-17(14-23)20-21-18(2,3)19(4,5)22-20/h9-13,23H,6-8,14H2,1-5H3. The second-order valence-corrected chi connectivity index (χ2v) is 7.63. The zero-order valence-corrected chi connectivity index (χ0v) is 16.0. The molecule has 0 saturated carbocycles. The summed E-state index contributed by atoms with van der Waals surface area (Å²) in [7, 11) is -0.322. The largest absolute Gasteiger partial charge is 0.491 e. The van der Waals surface area contributed by atoms with Crippen LogP contribution in [0.1, 0.15) is 58.6 Å². The molecule has 1 aromatic carbocycles. The van der Waals surface area contributed by atoms with Gasteiger partial charge in [-0.05, 0) is 57.1 Å². The van der Waals surface area contributed by atoms with Gasteiger partial charge in [0.05, 0.1) is 11.2 Å². The van der Waals surface area contributed by atoms with Crippen molar-refractivity contribution < 1.29 is 9.31 Å². The fourth-order valence-corrected chi connectivity index (χ4v) is 2.80. The molecule has 1 fully saturated rings. The van der Waals surface area contributed by atoms with Crippen LogP contribution in [0.25, 0.3) is 6.08 Å². The van der Waals surface area contributed by atoms with Crippen molar-refractivity contribution >= 4 is 25.8 Å². The second kappa shape index (κ2) is 7.46. The Kier molecular flexibility index (Phi) is 6.04. The minimum absolute atomic E-state index is 0.316. The molecule has 0 aliphatic carbocycles. The number of hydrogen-bond donors (Lipinski definition) is 1. The van der Waals surface area contributed by atoms with Gasteiger partial charge in [-0.25, -0.2) is 0 Å². The zero-order valence-electron chi connectivity index (χ0n) is 15.1. The highest BCUT2D eigenvalue weighted by molar-refractivity contribution is 7.80. The maximum atomic E-state index is 6.13. The summed E-state index contributed by atoms with van der Waals surface area (Å²) >= 11 is 4.47. The lowest BCUT2D eigenvalue weighted by Gasteiger charge is -2.32. The molecule has 126 valence electrons. The van der Waals surface area contributed by atoms with Crippen molar-refractivity contribution in [1.29, 1.82) is 0 Å². The summed E-state index contributed by atoms with van der Waals surface area (Å²) < 4.78 is 12.3. The quantitative estimate of drug-likeness (QED) is 0.585. The Balaban J connectivity index is 2.13. The van der Waals surface area contributed by atoms with E-state index < -0.39 is 0 Å². The number of benzene rings is 1. The molecular weight excluding hydrogens is 303 g/mol. The third kappa shape index (κ3) is 4.43. The molecule has 0 radical (unpaired) electrons. The van der Waals surface area contributed by atoms with Crippen LogP contribution in [-0.4, -0.2) is 24.1 Å². The van der Waals surface area contributed by atoms with Gasteiger partial charge in [0.1, 0.15) is 0 Å². The molecule has 0 N–H and O–H groups in total. The fourth-order valence-electron chi connectivity index (χ4n) is 2.56. The Morgan fingerprint density at radius 1 is 1.09 bits per heavy atom. The van der Waals surface area contributed by atoms with Gasteiger partial charge in [-0.15, -0.1) is 0 Å². The van der Waals surface area contributed by atoms with Gasteiger partial charge < -0.3 is 9.31 Å². The third-order valence-corrected chi connectivity index (χ3v) is 5.25. The fraction of sp³-hybridized carbons (Fsp3) is 0.579. The molecule has 23 heavy (non-hydrogen) atoms. The summed E-state index contributed by atoms with van der Waals surface area (Å²) in [6.07, 6.45) is 5.76. The van der Waals surface area contributed by atoms with E-state index in [1.165, 1.54) is 24.0 Å². The monoisotopic (exact) mass is 332 g/mol. The highest BCUT2D eigenvalue weighted by atomic mass is 32.1. The summed E-state index contributed by atoms with van der Waals surface area (Å²) in [6, 6.07) is 8.75. The van der Waals surface area contributed by atoms with E-state index in [9.17, 15) is 0 Å². The summed E-state index contributed by atoms with van der Waals surface area (Å²) in [4.78, 5) is 0. The van der Waals surface area contributed by atoms with E-state index in [4.69, 9.17) is 9.31 Å². The summed E-state index contributed by atoms with van der Waals surface area (Å²) in [5.41, 5.74) is 3.00. The van der Waals surface area contributed by atoms with E-state index in [1.54, 1.807) is 0 Å². The lowest BCUT2D eigenvalue weighted by molar-refractivity contribution is 0.00578. The summed E-state index contributed by atoms with van der Waals surface area (Å²) in [5.74, 6) is 0.619. The molecule has 1 aromatic rings. The van der Waals surface area contributed by atoms with E-state index in [0.717, 1.165) is 11.9 Å². The SMILES string of the molecule is CCCCc1ccc(C=C(CS)B2OC(C)(C)C(C)(C)O2)cc1. The smallest absolute Gasteiger partial charge is 0.400 e. The first-order valence-corrected chi connectivity index (χ1v) is 9.18. The topological polar surface area (TPSA) is 18.5 Å². The van der Waals surface area contributed by atoms with Gasteiger partial charge in [0.2, 0.25) is 0 Å². The van der Waals surface area contributed by atoms with Crippen molar-refractivity contribution in [2.24, 2.45) is 0 Å². The van der Waals surface area contributed by atoms with E-state index in [-0.39, 0.29) is 18.3 Å². The van der Waals surface area contributed by atoms with Gasteiger partial charge in [0, 0.05) is 5.75 Å². The number of unbranched alkanes of at least 4 members (excludes halogenated alkanes) is 1. The van der Waals surface area contributed by atoms with Crippen LogP contribution in [-0.2, 0) is 15.7 Å². The van der Waals surface area contributed by atoms with Crippen LogP contribution in [0.15, 0.2) is 29.7 Å². The summed E-state index contributed by atoms with van der Waals surface area (Å²) in [5, 5.41) is 0. The van der Waals surface area contributed by atoms with Crippen molar-refractivity contribution in [3.63, 3.8) is 0 Å². The maximum absolute atomic E-state index is 6.13. The Morgan fingerprint density at radius 2 is 1.65 bits per heavy atom. The third-order valence-electron chi connectivity index (χ3n) is 4.89. The van der Waals surface area contributed by atoms with Gasteiger partial charge >= 0.3 is 7.12 Å². The van der Waals surface area contributed by atoms with Crippen molar-refractivity contribution in [3.05, 3.63) is 40.9 Å². The Morgan fingerprint density at radius 3 is 2.13 bits per heavy atom.